The lowest BCUT2D eigenvalue weighted by Gasteiger charge is -2.04. The Balaban J connectivity index is 2.90. The van der Waals surface area contributed by atoms with Crippen molar-refractivity contribution in [2.24, 2.45) is 0 Å². The number of aromatic hydroxyl groups is 1. The van der Waals surface area contributed by atoms with Crippen molar-refractivity contribution >= 4 is 11.0 Å². The van der Waals surface area contributed by atoms with Crippen molar-refractivity contribution < 1.29 is 18.3 Å². The van der Waals surface area contributed by atoms with Crippen molar-refractivity contribution in [3.05, 3.63) is 40.2 Å². The maximum atomic E-state index is 12.4. The Bertz CT molecular complexity index is 560. The van der Waals surface area contributed by atoms with E-state index in [1.165, 1.54) is 12.1 Å². The molecule has 0 aliphatic carbocycles. The van der Waals surface area contributed by atoms with Gasteiger partial charge in [-0.2, -0.15) is 0 Å². The number of para-hydroxylation sites is 1. The van der Waals surface area contributed by atoms with Gasteiger partial charge in [0.1, 0.15) is 16.9 Å². The lowest BCUT2D eigenvalue weighted by atomic mass is 10.1. The summed E-state index contributed by atoms with van der Waals surface area (Å²) in [4.78, 5) is 11.1. The fourth-order valence-electron chi connectivity index (χ4n) is 1.34. The summed E-state index contributed by atoms with van der Waals surface area (Å²) in [7, 11) is 0. The van der Waals surface area contributed by atoms with Gasteiger partial charge >= 0.3 is 5.63 Å². The molecule has 2 aromatic rings. The topological polar surface area (TPSA) is 50.4 Å². The third-order valence-corrected chi connectivity index (χ3v) is 2.04. The molecule has 0 spiro atoms. The lowest BCUT2D eigenvalue weighted by Crippen LogP contribution is -2.07. The summed E-state index contributed by atoms with van der Waals surface area (Å²) in [6.07, 6.45) is -3.05. The summed E-state index contributed by atoms with van der Waals surface area (Å²) < 4.78 is 29.4. The Morgan fingerprint density at radius 2 is 1.93 bits per heavy atom. The third-order valence-electron chi connectivity index (χ3n) is 2.04. The van der Waals surface area contributed by atoms with E-state index in [-0.39, 0.29) is 11.0 Å². The van der Waals surface area contributed by atoms with Crippen LogP contribution in [0.2, 0.25) is 0 Å². The molecule has 1 heterocycles. The first-order chi connectivity index (χ1) is 7.11. The molecule has 2 rings (SSSR count). The van der Waals surface area contributed by atoms with Crippen LogP contribution in [-0.4, -0.2) is 5.11 Å². The van der Waals surface area contributed by atoms with Crippen LogP contribution in [0, 0.1) is 0 Å². The first-order valence-corrected chi connectivity index (χ1v) is 4.14. The molecule has 0 saturated carbocycles. The van der Waals surface area contributed by atoms with Crippen LogP contribution >= 0.6 is 0 Å². The molecular weight excluding hydrogens is 206 g/mol. The van der Waals surface area contributed by atoms with Gasteiger partial charge in [-0.15, -0.1) is 0 Å². The largest absolute Gasteiger partial charge is 0.506 e. The van der Waals surface area contributed by atoms with Crippen LogP contribution in [0.25, 0.3) is 11.0 Å². The van der Waals surface area contributed by atoms with Gasteiger partial charge in [-0.25, -0.2) is 13.6 Å². The van der Waals surface area contributed by atoms with Crippen LogP contribution in [-0.2, 0) is 0 Å². The molecule has 0 fully saturated rings. The smallest absolute Gasteiger partial charge is 0.349 e. The van der Waals surface area contributed by atoms with Crippen LogP contribution < -0.4 is 5.63 Å². The molecule has 0 bridgehead atoms. The minimum Gasteiger partial charge on any atom is -0.506 e. The van der Waals surface area contributed by atoms with Crippen LogP contribution in [0.1, 0.15) is 12.0 Å². The molecule has 15 heavy (non-hydrogen) atoms. The predicted molar refractivity (Wildman–Crippen MR) is 49.1 cm³/mol. The minimum atomic E-state index is -3.05. The van der Waals surface area contributed by atoms with E-state index in [9.17, 15) is 18.7 Å². The molecule has 0 amide bonds. The number of hydrogen-bond acceptors (Lipinski definition) is 3. The van der Waals surface area contributed by atoms with E-state index in [0.29, 0.717) is 0 Å². The van der Waals surface area contributed by atoms with Crippen molar-refractivity contribution in [3.63, 3.8) is 0 Å². The molecule has 0 atom stereocenters. The Morgan fingerprint density at radius 1 is 1.27 bits per heavy atom. The van der Waals surface area contributed by atoms with E-state index >= 15 is 0 Å². The van der Waals surface area contributed by atoms with Gasteiger partial charge in [0, 0.05) is 0 Å². The fraction of sp³-hybridized carbons (Fsp3) is 0.100. The molecule has 0 saturated heterocycles. The summed E-state index contributed by atoms with van der Waals surface area (Å²) in [6.45, 7) is 0. The van der Waals surface area contributed by atoms with Gasteiger partial charge in [0.2, 0.25) is 0 Å². The van der Waals surface area contributed by atoms with E-state index < -0.39 is 23.4 Å². The Labute approximate surface area is 82.6 Å². The van der Waals surface area contributed by atoms with E-state index in [1.807, 2.05) is 0 Å². The highest BCUT2D eigenvalue weighted by Gasteiger charge is 2.21. The van der Waals surface area contributed by atoms with E-state index in [0.717, 1.165) is 0 Å². The SMILES string of the molecule is O=c1oc2ccccc2c(O)c1C(F)F. The summed E-state index contributed by atoms with van der Waals surface area (Å²) in [5.41, 5.74) is -2.11. The van der Waals surface area contributed by atoms with Gasteiger partial charge < -0.3 is 9.52 Å². The van der Waals surface area contributed by atoms with Gasteiger partial charge in [0.15, 0.2) is 0 Å². The second-order valence-corrected chi connectivity index (χ2v) is 2.95. The van der Waals surface area contributed by atoms with E-state index in [2.05, 4.69) is 4.42 Å². The second-order valence-electron chi connectivity index (χ2n) is 2.95. The first kappa shape index (κ1) is 9.64. The van der Waals surface area contributed by atoms with Crippen molar-refractivity contribution in [3.8, 4) is 5.75 Å². The lowest BCUT2D eigenvalue weighted by molar-refractivity contribution is 0.143. The highest BCUT2D eigenvalue weighted by Crippen LogP contribution is 2.31. The number of rotatable bonds is 1. The average Bonchev–Trinajstić information content (AvgIpc) is 2.17. The molecule has 5 heteroatoms. The van der Waals surface area contributed by atoms with Gasteiger partial charge in [-0.05, 0) is 12.1 Å². The van der Waals surface area contributed by atoms with Crippen molar-refractivity contribution in [1.82, 2.24) is 0 Å². The van der Waals surface area contributed by atoms with Crippen LogP contribution in [0.4, 0.5) is 8.78 Å². The predicted octanol–water partition coefficient (Wildman–Crippen LogP) is 2.44. The minimum absolute atomic E-state index is 0.0874. The standard InChI is InChI=1S/C10H6F2O3/c11-9(12)7-8(13)5-3-1-2-4-6(5)15-10(7)14/h1-4,9,13H. The normalized spacial score (nSPS) is 11.1. The van der Waals surface area contributed by atoms with E-state index in [1.54, 1.807) is 12.1 Å². The molecule has 78 valence electrons. The van der Waals surface area contributed by atoms with E-state index in [4.69, 9.17) is 0 Å². The van der Waals surface area contributed by atoms with Gasteiger partial charge in [0.25, 0.3) is 6.43 Å². The third kappa shape index (κ3) is 1.45. The number of hydrogen-bond donors (Lipinski definition) is 1. The number of fused-ring (bicyclic) bond motifs is 1. The molecule has 1 N–H and O–H groups in total. The Hall–Kier alpha value is -1.91. The molecule has 1 aromatic heterocycles. The maximum absolute atomic E-state index is 12.4. The fourth-order valence-corrected chi connectivity index (χ4v) is 1.34. The molecular formula is C10H6F2O3. The molecule has 0 radical (unpaired) electrons. The molecule has 1 aromatic carbocycles. The maximum Gasteiger partial charge on any atom is 0.349 e. The first-order valence-electron chi connectivity index (χ1n) is 4.14. The zero-order valence-corrected chi connectivity index (χ0v) is 7.41. The second kappa shape index (κ2) is 3.34. The van der Waals surface area contributed by atoms with Gasteiger partial charge in [-0.3, -0.25) is 0 Å². The molecule has 0 aliphatic heterocycles. The summed E-state index contributed by atoms with van der Waals surface area (Å²) in [5, 5.41) is 9.56. The average molecular weight is 212 g/mol. The number of alkyl halides is 2. The zero-order chi connectivity index (χ0) is 11.0. The van der Waals surface area contributed by atoms with Crippen molar-refractivity contribution in [1.29, 1.82) is 0 Å². The molecule has 3 nitrogen and oxygen atoms in total. The Kier molecular flexibility index (Phi) is 2.15. The number of benzene rings is 1. The number of halogens is 2. The monoisotopic (exact) mass is 212 g/mol. The summed E-state index contributed by atoms with van der Waals surface area (Å²) >= 11 is 0. The van der Waals surface area contributed by atoms with Gasteiger partial charge in [-0.1, -0.05) is 12.1 Å². The Morgan fingerprint density at radius 3 is 2.60 bits per heavy atom. The van der Waals surface area contributed by atoms with Crippen molar-refractivity contribution in [2.45, 2.75) is 6.43 Å². The van der Waals surface area contributed by atoms with Gasteiger partial charge in [0.05, 0.1) is 5.39 Å². The molecule has 0 unspecified atom stereocenters. The van der Waals surface area contributed by atoms with Crippen LogP contribution in [0.3, 0.4) is 0 Å². The van der Waals surface area contributed by atoms with Crippen molar-refractivity contribution in [2.75, 3.05) is 0 Å². The molecule has 0 aliphatic rings. The zero-order valence-electron chi connectivity index (χ0n) is 7.41. The van der Waals surface area contributed by atoms with Crippen LogP contribution in [0.15, 0.2) is 33.5 Å². The van der Waals surface area contributed by atoms with Crippen LogP contribution in [0.5, 0.6) is 5.75 Å². The summed E-state index contributed by atoms with van der Waals surface area (Å²) in [5.74, 6) is -0.711. The highest BCUT2D eigenvalue weighted by molar-refractivity contribution is 5.83. The quantitative estimate of drug-likeness (QED) is 0.738. The highest BCUT2D eigenvalue weighted by atomic mass is 19.3. The summed E-state index contributed by atoms with van der Waals surface area (Å²) in [6, 6.07) is 5.95.